The molecule has 1 aliphatic carbocycles. The first-order chi connectivity index (χ1) is 26.2. The molecule has 2 saturated heterocycles. The average Bonchev–Trinajstić information content (AvgIpc) is 3.87. The van der Waals surface area contributed by atoms with Crippen LogP contribution in [0.2, 0.25) is 0 Å². The summed E-state index contributed by atoms with van der Waals surface area (Å²) in [5.41, 5.74) is 2.54. The second-order valence-electron chi connectivity index (χ2n) is 16.4. The molecule has 5 N–H and O–H groups in total. The maximum Gasteiger partial charge on any atom is 0.246 e. The van der Waals surface area contributed by atoms with E-state index in [0.29, 0.717) is 25.3 Å². The van der Waals surface area contributed by atoms with Gasteiger partial charge in [0.25, 0.3) is 0 Å². The van der Waals surface area contributed by atoms with E-state index in [0.717, 1.165) is 43.2 Å². The van der Waals surface area contributed by atoms with Crippen molar-refractivity contribution in [3.8, 4) is 5.75 Å². The van der Waals surface area contributed by atoms with Gasteiger partial charge in [0.05, 0.1) is 24.7 Å². The molecule has 2 heterocycles. The molecule has 13 heteroatoms. The van der Waals surface area contributed by atoms with E-state index in [1.807, 2.05) is 62.1 Å². The lowest BCUT2D eigenvalue weighted by Gasteiger charge is -2.36. The zero-order chi connectivity index (χ0) is 39.9. The van der Waals surface area contributed by atoms with Gasteiger partial charge in [-0.3, -0.25) is 24.0 Å². The molecule has 5 rings (SSSR count). The molecule has 0 unspecified atom stereocenters. The molecule has 300 valence electrons. The maximum atomic E-state index is 14.5. The maximum absolute atomic E-state index is 14.5. The van der Waals surface area contributed by atoms with Crippen molar-refractivity contribution in [1.29, 1.82) is 0 Å². The molecule has 2 aromatic rings. The lowest BCUT2D eigenvalue weighted by atomic mass is 9.85. The third kappa shape index (κ3) is 10.4. The van der Waals surface area contributed by atoms with Gasteiger partial charge in [-0.1, -0.05) is 57.2 Å². The Bertz CT molecular complexity index is 1670. The lowest BCUT2D eigenvalue weighted by Crippen LogP contribution is -2.59. The van der Waals surface area contributed by atoms with Crippen molar-refractivity contribution in [1.82, 2.24) is 36.4 Å². The minimum Gasteiger partial charge on any atom is -0.488 e. The smallest absolute Gasteiger partial charge is 0.246 e. The van der Waals surface area contributed by atoms with Gasteiger partial charge in [0.2, 0.25) is 29.5 Å². The number of hydrogen-bond acceptors (Lipinski definition) is 8. The van der Waals surface area contributed by atoms with Crippen LogP contribution in [0.4, 0.5) is 0 Å². The predicted octanol–water partition coefficient (Wildman–Crippen LogP) is 2.63. The number of hydrogen-bond donors (Lipinski definition) is 5. The number of amides is 5. The minimum atomic E-state index is -0.882. The van der Waals surface area contributed by atoms with E-state index in [9.17, 15) is 24.0 Å². The summed E-state index contributed by atoms with van der Waals surface area (Å²) in [5.74, 6) is -0.654. The van der Waals surface area contributed by atoms with Crippen LogP contribution in [0.3, 0.4) is 0 Å². The Kier molecular flexibility index (Phi) is 14.0. The van der Waals surface area contributed by atoms with Crippen LogP contribution in [0, 0.1) is 5.41 Å². The molecule has 0 bridgehead atoms. The number of carbonyl (C=O) groups excluding carboxylic acids is 5. The molecule has 2 aromatic carbocycles. The van der Waals surface area contributed by atoms with Crippen molar-refractivity contribution in [3.63, 3.8) is 0 Å². The first-order valence-electron chi connectivity index (χ1n) is 19.9. The SMILES string of the molecule is CN[C@@H](C)C(=O)N[C@@H](Cc1ccc(O[C@H]2C[C@@H](C(=O)N[C@@H]3CCCc4ccccc43)N(C(=O)[C@@H](NC(=O)[C@H](C)NC)C(C)(C)C)C2)cc1)C(=O)N1CCCC1. The number of likely N-dealkylation sites (N-methyl/N-ethyl adjacent to an activating group) is 2. The second kappa shape index (κ2) is 18.4. The number of nitrogens with zero attached hydrogens (tertiary/aromatic N) is 2. The quantitative estimate of drug-likeness (QED) is 0.197. The van der Waals surface area contributed by atoms with E-state index in [1.54, 1.807) is 32.8 Å². The van der Waals surface area contributed by atoms with Crippen LogP contribution in [-0.4, -0.2) is 109 Å². The van der Waals surface area contributed by atoms with E-state index in [2.05, 4.69) is 38.7 Å². The molecule has 0 saturated carbocycles. The predicted molar refractivity (Wildman–Crippen MR) is 211 cm³/mol. The molecule has 5 amide bonds. The van der Waals surface area contributed by atoms with E-state index >= 15 is 0 Å². The largest absolute Gasteiger partial charge is 0.488 e. The van der Waals surface area contributed by atoms with Crippen molar-refractivity contribution in [3.05, 3.63) is 65.2 Å². The van der Waals surface area contributed by atoms with Crippen LogP contribution in [0.25, 0.3) is 0 Å². The summed E-state index contributed by atoms with van der Waals surface area (Å²) in [7, 11) is 3.39. The first-order valence-corrected chi connectivity index (χ1v) is 19.9. The second-order valence-corrected chi connectivity index (χ2v) is 16.4. The molecule has 3 aliphatic rings. The molecule has 55 heavy (non-hydrogen) atoms. The van der Waals surface area contributed by atoms with Crippen molar-refractivity contribution >= 4 is 29.5 Å². The van der Waals surface area contributed by atoms with Crippen molar-refractivity contribution in [2.24, 2.45) is 5.41 Å². The summed E-state index contributed by atoms with van der Waals surface area (Å²) in [6.45, 7) is 10.7. The van der Waals surface area contributed by atoms with Gasteiger partial charge in [-0.05, 0) is 94.3 Å². The summed E-state index contributed by atoms with van der Waals surface area (Å²) < 4.78 is 6.46. The fourth-order valence-corrected chi connectivity index (χ4v) is 7.68. The van der Waals surface area contributed by atoms with Gasteiger partial charge in [0.15, 0.2) is 0 Å². The summed E-state index contributed by atoms with van der Waals surface area (Å²) >= 11 is 0. The van der Waals surface area contributed by atoms with Crippen molar-refractivity contribution < 1.29 is 28.7 Å². The van der Waals surface area contributed by atoms with E-state index in [4.69, 9.17) is 4.74 Å². The fourth-order valence-electron chi connectivity index (χ4n) is 7.68. The number of ether oxygens (including phenoxy) is 1. The summed E-state index contributed by atoms with van der Waals surface area (Å²) in [4.78, 5) is 71.4. The number of benzene rings is 2. The van der Waals surface area contributed by atoms with Gasteiger partial charge in [0.1, 0.15) is 30.0 Å². The summed E-state index contributed by atoms with van der Waals surface area (Å²) in [6.07, 6.45) is 4.72. The number of fused-ring (bicyclic) bond motifs is 1. The van der Waals surface area contributed by atoms with E-state index < -0.39 is 41.7 Å². The highest BCUT2D eigenvalue weighted by atomic mass is 16.5. The molecule has 2 fully saturated rings. The van der Waals surface area contributed by atoms with E-state index in [1.165, 1.54) is 5.56 Å². The third-order valence-corrected chi connectivity index (χ3v) is 11.3. The Labute approximate surface area is 326 Å². The van der Waals surface area contributed by atoms with Gasteiger partial charge in [-0.2, -0.15) is 0 Å². The zero-order valence-electron chi connectivity index (χ0n) is 33.6. The number of aryl methyl sites for hydroxylation is 1. The highest BCUT2D eigenvalue weighted by molar-refractivity contribution is 5.94. The Balaban J connectivity index is 1.34. The molecule has 0 aromatic heterocycles. The zero-order valence-corrected chi connectivity index (χ0v) is 33.6. The van der Waals surface area contributed by atoms with Gasteiger partial charge < -0.3 is 41.1 Å². The van der Waals surface area contributed by atoms with E-state index in [-0.39, 0.29) is 48.5 Å². The number of rotatable bonds is 14. The molecular weight excluding hydrogens is 699 g/mol. The van der Waals surface area contributed by atoms with Gasteiger partial charge in [-0.25, -0.2) is 0 Å². The number of nitrogens with one attached hydrogen (secondary N) is 5. The topological polar surface area (TPSA) is 161 Å². The number of carbonyl (C=O) groups is 5. The number of likely N-dealkylation sites (tertiary alicyclic amines) is 2. The molecule has 13 nitrogen and oxygen atoms in total. The van der Waals surface area contributed by atoms with Crippen LogP contribution in [0.1, 0.15) is 89.5 Å². The van der Waals surface area contributed by atoms with Crippen LogP contribution in [0.5, 0.6) is 5.75 Å². The minimum absolute atomic E-state index is 0.0867. The first kappa shape index (κ1) is 41.7. The molecular formula is C42H61N7O6. The highest BCUT2D eigenvalue weighted by Crippen LogP contribution is 2.32. The molecule has 7 atom stereocenters. The van der Waals surface area contributed by atoms with Crippen LogP contribution >= 0.6 is 0 Å². The molecule has 2 aliphatic heterocycles. The Morgan fingerprint density at radius 3 is 2.11 bits per heavy atom. The van der Waals surface area contributed by atoms with Crippen LogP contribution < -0.4 is 31.3 Å². The van der Waals surface area contributed by atoms with Crippen molar-refractivity contribution in [2.75, 3.05) is 33.7 Å². The lowest BCUT2D eigenvalue weighted by molar-refractivity contribution is -0.144. The van der Waals surface area contributed by atoms with Gasteiger partial charge >= 0.3 is 0 Å². The van der Waals surface area contributed by atoms with Gasteiger partial charge in [0, 0.05) is 25.9 Å². The Hall–Kier alpha value is -4.49. The summed E-state index contributed by atoms with van der Waals surface area (Å²) in [6, 6.07) is 12.0. The highest BCUT2D eigenvalue weighted by Gasteiger charge is 2.46. The summed E-state index contributed by atoms with van der Waals surface area (Å²) in [5, 5.41) is 15.0. The van der Waals surface area contributed by atoms with Crippen molar-refractivity contribution in [2.45, 2.75) is 122 Å². The van der Waals surface area contributed by atoms with Crippen LogP contribution in [0.15, 0.2) is 48.5 Å². The van der Waals surface area contributed by atoms with Crippen LogP contribution in [-0.2, 0) is 36.8 Å². The fraction of sp³-hybridized carbons (Fsp3) is 0.595. The monoisotopic (exact) mass is 759 g/mol. The Morgan fingerprint density at radius 2 is 1.47 bits per heavy atom. The average molecular weight is 760 g/mol. The Morgan fingerprint density at radius 1 is 0.836 bits per heavy atom. The standard InChI is InChI=1S/C42H61N7O6/c1-26(43-6)37(50)46-34(40(53)48-21-10-11-22-48)23-28-17-19-30(20-18-28)55-31-24-35(39(52)45-33-16-12-14-29-13-8-9-15-32(29)33)49(25-31)41(54)36(42(3,4)5)47-38(51)27(2)44-7/h8-9,13,15,17-20,26-27,31,33-36,43-44H,10-12,14,16,21-25H2,1-7H3,(H,45,52)(H,46,50)(H,47,51)/t26-,27-,31-,33+,34-,35-,36+/m0/s1. The molecule has 0 radical (unpaired) electrons. The van der Waals surface area contributed by atoms with Gasteiger partial charge in [-0.15, -0.1) is 0 Å². The molecule has 0 spiro atoms. The third-order valence-electron chi connectivity index (χ3n) is 11.3. The normalized spacial score (nSPS) is 21.8.